The molecule has 2 aliphatic rings. The van der Waals surface area contributed by atoms with E-state index >= 15 is 0 Å². The highest BCUT2D eigenvalue weighted by Gasteiger charge is 2.25. The first-order valence-corrected chi connectivity index (χ1v) is 9.81. The van der Waals surface area contributed by atoms with Crippen LogP contribution in [0.5, 0.6) is 0 Å². The second-order valence-corrected chi connectivity index (χ2v) is 7.06. The summed E-state index contributed by atoms with van der Waals surface area (Å²) >= 11 is 0. The number of rotatable bonds is 9. The fourth-order valence-electron chi connectivity index (χ4n) is 3.08. The Morgan fingerprint density at radius 2 is 2.15 bits per heavy atom. The molecule has 2 heterocycles. The van der Waals surface area contributed by atoms with Crippen molar-refractivity contribution in [3.63, 3.8) is 0 Å². The number of hydrogen-bond donors (Lipinski definition) is 2. The maximum absolute atomic E-state index is 12.0. The predicted octanol–water partition coefficient (Wildman–Crippen LogP) is 0.310. The Balaban J connectivity index is 1.44. The molecule has 1 aliphatic heterocycles. The van der Waals surface area contributed by atoms with Crippen LogP contribution in [0, 0.1) is 0 Å². The number of amides is 1. The minimum Gasteiger partial charge on any atom is -0.469 e. The van der Waals surface area contributed by atoms with Crippen LogP contribution in [0.4, 0.5) is 0 Å². The largest absolute Gasteiger partial charge is 0.469 e. The van der Waals surface area contributed by atoms with Crippen LogP contribution in [-0.2, 0) is 16.0 Å². The third kappa shape index (κ3) is 6.88. The van der Waals surface area contributed by atoms with Crippen LogP contribution in [0.2, 0.25) is 0 Å². The Hall–Kier alpha value is -2.06. The normalized spacial score (nSPS) is 18.6. The summed E-state index contributed by atoms with van der Waals surface area (Å²) in [6, 6.07) is 4.31. The van der Waals surface area contributed by atoms with Crippen LogP contribution >= 0.6 is 0 Å². The molecule has 3 rings (SSSR count). The van der Waals surface area contributed by atoms with E-state index < -0.39 is 0 Å². The number of carbonyl (C=O) groups excluding carboxylic acids is 1. The van der Waals surface area contributed by atoms with E-state index in [2.05, 4.69) is 25.4 Å². The molecule has 0 radical (unpaired) electrons. The van der Waals surface area contributed by atoms with Gasteiger partial charge in [0.05, 0.1) is 26.0 Å². The zero-order valence-electron chi connectivity index (χ0n) is 16.2. The van der Waals surface area contributed by atoms with Gasteiger partial charge in [-0.2, -0.15) is 0 Å². The van der Waals surface area contributed by atoms with Crippen molar-refractivity contribution in [2.24, 2.45) is 4.99 Å². The fourth-order valence-corrected chi connectivity index (χ4v) is 3.08. The molecule has 150 valence electrons. The number of hydrogen-bond acceptors (Lipinski definition) is 5. The summed E-state index contributed by atoms with van der Waals surface area (Å²) in [6.45, 7) is 5.93. The number of methoxy groups -OCH3 is 1. The Morgan fingerprint density at radius 3 is 2.81 bits per heavy atom. The van der Waals surface area contributed by atoms with Crippen molar-refractivity contribution in [1.29, 1.82) is 0 Å². The highest BCUT2D eigenvalue weighted by Crippen LogP contribution is 2.18. The molecule has 27 heavy (non-hydrogen) atoms. The molecule has 0 bridgehead atoms. The molecule has 0 unspecified atom stereocenters. The topological polar surface area (TPSA) is 82.3 Å². The SMILES string of the molecule is COCCN=C(NCCc1ccco1)N1CCN(CC(=O)NC2CC2)CC1. The lowest BCUT2D eigenvalue weighted by Gasteiger charge is -2.36. The number of nitrogens with one attached hydrogen (secondary N) is 2. The van der Waals surface area contributed by atoms with Gasteiger partial charge in [0.15, 0.2) is 5.96 Å². The molecule has 0 spiro atoms. The highest BCUT2D eigenvalue weighted by molar-refractivity contribution is 5.80. The number of carbonyl (C=O) groups is 1. The average molecular weight is 377 g/mol. The first-order valence-electron chi connectivity index (χ1n) is 9.81. The van der Waals surface area contributed by atoms with Gasteiger partial charge in [0.1, 0.15) is 5.76 Å². The summed E-state index contributed by atoms with van der Waals surface area (Å²) in [5.41, 5.74) is 0. The summed E-state index contributed by atoms with van der Waals surface area (Å²) in [7, 11) is 1.69. The van der Waals surface area contributed by atoms with Crippen molar-refractivity contribution in [3.05, 3.63) is 24.2 Å². The molecular formula is C19H31N5O3. The molecular weight excluding hydrogens is 346 g/mol. The standard InChI is InChI=1S/C19H31N5O3/c1-26-14-8-21-19(20-7-6-17-3-2-13-27-17)24-11-9-23(10-12-24)15-18(25)22-16-4-5-16/h2-3,13,16H,4-12,14-15H2,1H3,(H,20,21)(H,22,25). The molecule has 1 aromatic rings. The van der Waals surface area contributed by atoms with Crippen LogP contribution in [0.25, 0.3) is 0 Å². The molecule has 2 N–H and O–H groups in total. The van der Waals surface area contributed by atoms with E-state index in [9.17, 15) is 4.79 Å². The molecule has 1 aliphatic carbocycles. The number of aliphatic imine (C=N–C) groups is 1. The molecule has 0 atom stereocenters. The molecule has 2 fully saturated rings. The van der Waals surface area contributed by atoms with Crippen molar-refractivity contribution in [2.75, 3.05) is 59.5 Å². The van der Waals surface area contributed by atoms with Crippen molar-refractivity contribution >= 4 is 11.9 Å². The third-order valence-corrected chi connectivity index (χ3v) is 4.77. The van der Waals surface area contributed by atoms with Crippen LogP contribution in [0.15, 0.2) is 27.8 Å². The van der Waals surface area contributed by atoms with Crippen molar-refractivity contribution in [3.8, 4) is 0 Å². The number of furan rings is 1. The summed E-state index contributed by atoms with van der Waals surface area (Å²) < 4.78 is 10.5. The first kappa shape index (κ1) is 19.7. The minimum absolute atomic E-state index is 0.150. The monoisotopic (exact) mass is 377 g/mol. The van der Waals surface area contributed by atoms with Crippen LogP contribution < -0.4 is 10.6 Å². The lowest BCUT2D eigenvalue weighted by atomic mass is 10.3. The van der Waals surface area contributed by atoms with Gasteiger partial charge in [0.2, 0.25) is 5.91 Å². The van der Waals surface area contributed by atoms with E-state index in [4.69, 9.17) is 9.15 Å². The molecule has 8 heteroatoms. The van der Waals surface area contributed by atoms with Crippen LogP contribution in [0.1, 0.15) is 18.6 Å². The van der Waals surface area contributed by atoms with Crippen LogP contribution in [0.3, 0.4) is 0 Å². The second-order valence-electron chi connectivity index (χ2n) is 7.06. The second kappa shape index (κ2) is 10.3. The van der Waals surface area contributed by atoms with Gasteiger partial charge in [-0.05, 0) is 25.0 Å². The molecule has 0 aromatic carbocycles. The zero-order valence-corrected chi connectivity index (χ0v) is 16.2. The number of ether oxygens (including phenoxy) is 1. The van der Waals surface area contributed by atoms with Gasteiger partial charge in [-0.3, -0.25) is 14.7 Å². The van der Waals surface area contributed by atoms with Crippen molar-refractivity contribution in [2.45, 2.75) is 25.3 Å². The Kier molecular flexibility index (Phi) is 7.53. The number of nitrogens with zero attached hydrogens (tertiary/aromatic N) is 3. The van der Waals surface area contributed by atoms with Gasteiger partial charge >= 0.3 is 0 Å². The molecule has 1 amide bonds. The fraction of sp³-hybridized carbons (Fsp3) is 0.684. The summed E-state index contributed by atoms with van der Waals surface area (Å²) in [5, 5.41) is 6.50. The Morgan fingerprint density at radius 1 is 1.33 bits per heavy atom. The van der Waals surface area contributed by atoms with E-state index in [0.29, 0.717) is 25.7 Å². The van der Waals surface area contributed by atoms with Gasteiger partial charge in [0, 0.05) is 52.3 Å². The van der Waals surface area contributed by atoms with Gasteiger partial charge in [0.25, 0.3) is 0 Å². The lowest BCUT2D eigenvalue weighted by molar-refractivity contribution is -0.122. The van der Waals surface area contributed by atoms with E-state index in [0.717, 1.165) is 63.7 Å². The van der Waals surface area contributed by atoms with Gasteiger partial charge < -0.3 is 24.7 Å². The Labute approximate surface area is 160 Å². The maximum atomic E-state index is 12.0. The van der Waals surface area contributed by atoms with Crippen LogP contribution in [-0.4, -0.2) is 87.2 Å². The Bertz CT molecular complexity index is 592. The first-order chi connectivity index (χ1) is 13.2. The summed E-state index contributed by atoms with van der Waals surface area (Å²) in [4.78, 5) is 21.1. The van der Waals surface area contributed by atoms with E-state index in [1.807, 2.05) is 12.1 Å². The van der Waals surface area contributed by atoms with Crippen molar-refractivity contribution in [1.82, 2.24) is 20.4 Å². The van der Waals surface area contributed by atoms with E-state index in [1.165, 1.54) is 0 Å². The average Bonchev–Trinajstić information content (AvgIpc) is 3.32. The predicted molar refractivity (Wildman–Crippen MR) is 104 cm³/mol. The zero-order chi connectivity index (χ0) is 18.9. The van der Waals surface area contributed by atoms with E-state index in [-0.39, 0.29) is 5.91 Å². The third-order valence-electron chi connectivity index (χ3n) is 4.77. The number of guanidine groups is 1. The summed E-state index contributed by atoms with van der Waals surface area (Å²) in [5.74, 6) is 2.02. The van der Waals surface area contributed by atoms with Crippen molar-refractivity contribution < 1.29 is 13.9 Å². The minimum atomic E-state index is 0.150. The lowest BCUT2D eigenvalue weighted by Crippen LogP contribution is -2.54. The molecule has 1 saturated carbocycles. The maximum Gasteiger partial charge on any atom is 0.234 e. The van der Waals surface area contributed by atoms with E-state index in [1.54, 1.807) is 13.4 Å². The smallest absolute Gasteiger partial charge is 0.234 e. The summed E-state index contributed by atoms with van der Waals surface area (Å²) in [6.07, 6.45) is 4.77. The highest BCUT2D eigenvalue weighted by atomic mass is 16.5. The quantitative estimate of drug-likeness (QED) is 0.366. The number of piperazine rings is 1. The van der Waals surface area contributed by atoms with Gasteiger partial charge in [-0.25, -0.2) is 0 Å². The van der Waals surface area contributed by atoms with Gasteiger partial charge in [-0.1, -0.05) is 0 Å². The molecule has 1 saturated heterocycles. The molecule has 8 nitrogen and oxygen atoms in total. The van der Waals surface area contributed by atoms with Gasteiger partial charge in [-0.15, -0.1) is 0 Å². The molecule has 1 aromatic heterocycles.